The van der Waals surface area contributed by atoms with Crippen LogP contribution in [0.25, 0.3) is 0 Å². The van der Waals surface area contributed by atoms with Crippen LogP contribution in [0, 0.1) is 17.3 Å². The third-order valence-corrected chi connectivity index (χ3v) is 5.83. The molecule has 138 valence electrons. The molecule has 4 aliphatic rings. The molecule has 4 rings (SSSR count). The molecule has 2 atom stereocenters. The van der Waals surface area contributed by atoms with Crippen molar-refractivity contribution in [2.24, 2.45) is 17.3 Å². The average molecular weight is 378 g/mol. The van der Waals surface area contributed by atoms with Gasteiger partial charge in [-0.2, -0.15) is 22.0 Å². The SMILES string of the molecule is O=C(OC12CC3CC(C1)CC(C(F)(F)F)(C3)C2)C(F)(F)SOOO. The minimum Gasteiger partial charge on any atom is -0.454 e. The van der Waals surface area contributed by atoms with Crippen LogP contribution in [0.1, 0.15) is 38.5 Å². The van der Waals surface area contributed by atoms with Gasteiger partial charge in [0.1, 0.15) is 17.6 Å². The third kappa shape index (κ3) is 2.99. The fourth-order valence-corrected chi connectivity index (χ4v) is 5.20. The van der Waals surface area contributed by atoms with Gasteiger partial charge in [0.2, 0.25) is 0 Å². The predicted octanol–water partition coefficient (Wildman–Crippen LogP) is 4.09. The lowest BCUT2D eigenvalue weighted by molar-refractivity contribution is -0.433. The highest BCUT2D eigenvalue weighted by atomic mass is 32.2. The first-order valence-electron chi connectivity index (χ1n) is 7.35. The van der Waals surface area contributed by atoms with E-state index in [9.17, 15) is 26.7 Å². The van der Waals surface area contributed by atoms with Crippen LogP contribution >= 0.6 is 12.0 Å². The Morgan fingerprint density at radius 1 is 1.08 bits per heavy atom. The van der Waals surface area contributed by atoms with Gasteiger partial charge < -0.3 is 4.74 Å². The number of hydrogen-bond donors (Lipinski definition) is 1. The van der Waals surface area contributed by atoms with E-state index in [1.54, 1.807) is 0 Å². The van der Waals surface area contributed by atoms with E-state index in [1.807, 2.05) is 0 Å². The average Bonchev–Trinajstić information content (AvgIpc) is 2.42. The van der Waals surface area contributed by atoms with Gasteiger partial charge in [0.05, 0.1) is 5.41 Å². The van der Waals surface area contributed by atoms with Crippen LogP contribution in [0.3, 0.4) is 0 Å². The fourth-order valence-electron chi connectivity index (χ4n) is 4.98. The first-order valence-corrected chi connectivity index (χ1v) is 8.09. The minimum absolute atomic E-state index is 0.0428. The Hall–Kier alpha value is -0.650. The van der Waals surface area contributed by atoms with Crippen molar-refractivity contribution in [1.29, 1.82) is 0 Å². The topological polar surface area (TPSA) is 65.0 Å². The number of carbonyl (C=O) groups is 1. The molecular formula is C13H15F5O5S. The second kappa shape index (κ2) is 5.68. The molecule has 11 heteroatoms. The summed E-state index contributed by atoms with van der Waals surface area (Å²) in [7, 11) is 0. The zero-order valence-corrected chi connectivity index (χ0v) is 13.1. The Morgan fingerprint density at radius 3 is 2.17 bits per heavy atom. The molecule has 24 heavy (non-hydrogen) atoms. The summed E-state index contributed by atoms with van der Waals surface area (Å²) in [5.74, 6) is -2.58. The standard InChI is InChI=1S/C13H15F5O5S/c14-12(15,24-23-22-20)9(19)21-11-4-7-1-8(5-11)3-10(2-7,6-11)13(16,17)18/h7-8,20H,1-6H2. The van der Waals surface area contributed by atoms with E-state index in [0.29, 0.717) is 6.42 Å². The minimum atomic E-state index is -4.46. The van der Waals surface area contributed by atoms with Crippen LogP contribution < -0.4 is 0 Å². The molecule has 0 amide bonds. The summed E-state index contributed by atoms with van der Waals surface area (Å²) >= 11 is -0.782. The van der Waals surface area contributed by atoms with Crippen molar-refractivity contribution in [2.75, 3.05) is 0 Å². The van der Waals surface area contributed by atoms with Gasteiger partial charge in [-0.3, -0.25) is 0 Å². The number of rotatable bonds is 5. The highest BCUT2D eigenvalue weighted by molar-refractivity contribution is 7.96. The molecule has 0 spiro atoms. The molecule has 0 aromatic rings. The van der Waals surface area contributed by atoms with Gasteiger partial charge in [-0.1, -0.05) is 5.04 Å². The maximum Gasteiger partial charge on any atom is 0.415 e. The Morgan fingerprint density at radius 2 is 1.67 bits per heavy atom. The highest BCUT2D eigenvalue weighted by Crippen LogP contribution is 2.67. The Bertz CT molecular complexity index is 511. The number of hydrogen-bond acceptors (Lipinski definition) is 6. The molecule has 0 aliphatic heterocycles. The van der Waals surface area contributed by atoms with Crippen LogP contribution in [0.15, 0.2) is 0 Å². The van der Waals surface area contributed by atoms with Crippen LogP contribution in [0.5, 0.6) is 0 Å². The Labute approximate surface area is 137 Å². The van der Waals surface area contributed by atoms with Crippen molar-refractivity contribution >= 4 is 18.0 Å². The van der Waals surface area contributed by atoms with Crippen molar-refractivity contribution in [2.45, 2.75) is 55.6 Å². The maximum absolute atomic E-state index is 13.6. The maximum atomic E-state index is 13.6. The van der Waals surface area contributed by atoms with Crippen molar-refractivity contribution in [1.82, 2.24) is 0 Å². The van der Waals surface area contributed by atoms with Gasteiger partial charge in [-0.05, 0) is 43.9 Å². The normalized spacial score (nSPS) is 38.4. The van der Waals surface area contributed by atoms with E-state index >= 15 is 0 Å². The van der Waals surface area contributed by atoms with Crippen molar-refractivity contribution in [3.63, 3.8) is 0 Å². The Kier molecular flexibility index (Phi) is 4.30. The lowest BCUT2D eigenvalue weighted by Gasteiger charge is -2.61. The quantitative estimate of drug-likeness (QED) is 0.256. The lowest BCUT2D eigenvalue weighted by Crippen LogP contribution is -2.62. The van der Waals surface area contributed by atoms with E-state index < -0.39 is 46.9 Å². The summed E-state index contributed by atoms with van der Waals surface area (Å²) < 4.78 is 76.2. The zero-order valence-electron chi connectivity index (χ0n) is 12.3. The second-order valence-corrected chi connectivity index (χ2v) is 7.87. The molecule has 0 saturated heterocycles. The van der Waals surface area contributed by atoms with Gasteiger partial charge in [0, 0.05) is 6.42 Å². The van der Waals surface area contributed by atoms with Crippen LogP contribution in [0.4, 0.5) is 22.0 Å². The monoisotopic (exact) mass is 378 g/mol. The molecule has 4 bridgehead atoms. The van der Waals surface area contributed by atoms with Gasteiger partial charge in [-0.25, -0.2) is 10.1 Å². The summed E-state index contributed by atoms with van der Waals surface area (Å²) in [5, 5.41) is 6.68. The zero-order chi connectivity index (χ0) is 17.8. The van der Waals surface area contributed by atoms with Crippen molar-refractivity contribution in [3.05, 3.63) is 0 Å². The molecule has 0 aromatic heterocycles. The third-order valence-electron chi connectivity index (χ3n) is 5.32. The molecule has 4 aliphatic carbocycles. The first kappa shape index (κ1) is 18.2. The van der Waals surface area contributed by atoms with Crippen molar-refractivity contribution in [3.8, 4) is 0 Å². The van der Waals surface area contributed by atoms with Gasteiger partial charge in [-0.15, -0.1) is 4.33 Å². The van der Waals surface area contributed by atoms with Crippen LogP contribution in [-0.4, -0.2) is 28.3 Å². The Balaban J connectivity index is 1.79. The summed E-state index contributed by atoms with van der Waals surface area (Å²) in [6.45, 7) is 0. The van der Waals surface area contributed by atoms with Crippen LogP contribution in [-0.2, 0) is 18.9 Å². The molecule has 0 heterocycles. The molecule has 4 fully saturated rings. The van der Waals surface area contributed by atoms with Crippen molar-refractivity contribution < 1.29 is 46.1 Å². The molecule has 2 unspecified atom stereocenters. The molecule has 4 saturated carbocycles. The highest BCUT2D eigenvalue weighted by Gasteiger charge is 2.69. The summed E-state index contributed by atoms with van der Waals surface area (Å²) in [6.07, 6.45) is -4.12. The first-order chi connectivity index (χ1) is 11.0. The predicted molar refractivity (Wildman–Crippen MR) is 69.3 cm³/mol. The van der Waals surface area contributed by atoms with E-state index in [2.05, 4.69) is 9.37 Å². The summed E-state index contributed by atoms with van der Waals surface area (Å²) in [5.41, 5.74) is -3.49. The molecule has 1 N–H and O–H groups in total. The van der Waals surface area contributed by atoms with E-state index in [0.717, 1.165) is 0 Å². The number of esters is 1. The number of ether oxygens (including phenoxy) is 1. The van der Waals surface area contributed by atoms with Gasteiger partial charge in [0.15, 0.2) is 0 Å². The smallest absolute Gasteiger partial charge is 0.415 e. The second-order valence-electron chi connectivity index (χ2n) is 7.05. The van der Waals surface area contributed by atoms with E-state index in [-0.39, 0.29) is 37.5 Å². The molecule has 0 aromatic carbocycles. The molecule has 0 radical (unpaired) electrons. The molecule has 5 nitrogen and oxygen atoms in total. The fraction of sp³-hybridized carbons (Fsp3) is 0.923. The molecular weight excluding hydrogens is 363 g/mol. The summed E-state index contributed by atoms with van der Waals surface area (Å²) in [6, 6.07) is 0. The van der Waals surface area contributed by atoms with Crippen LogP contribution in [0.2, 0.25) is 0 Å². The number of halogens is 5. The van der Waals surface area contributed by atoms with E-state index in [1.165, 1.54) is 0 Å². The number of alkyl halides is 5. The lowest BCUT2D eigenvalue weighted by atomic mass is 9.47. The largest absolute Gasteiger partial charge is 0.454 e. The van der Waals surface area contributed by atoms with E-state index in [4.69, 9.17) is 9.99 Å². The number of carbonyl (C=O) groups excluding carboxylic acids is 1. The summed E-state index contributed by atoms with van der Waals surface area (Å²) in [4.78, 5) is 11.7. The van der Waals surface area contributed by atoms with Gasteiger partial charge >= 0.3 is 17.4 Å². The van der Waals surface area contributed by atoms with Gasteiger partial charge in [0.25, 0.3) is 0 Å².